The van der Waals surface area contributed by atoms with Crippen molar-refractivity contribution in [1.29, 1.82) is 0 Å². The van der Waals surface area contributed by atoms with Crippen molar-refractivity contribution < 1.29 is 9.53 Å². The van der Waals surface area contributed by atoms with Gasteiger partial charge in [-0.1, -0.05) is 12.1 Å². The van der Waals surface area contributed by atoms with Crippen molar-refractivity contribution in [3.05, 3.63) is 40.8 Å². The van der Waals surface area contributed by atoms with Crippen LogP contribution in [0.3, 0.4) is 0 Å². The van der Waals surface area contributed by atoms with Gasteiger partial charge in [-0.15, -0.1) is 11.3 Å². The van der Waals surface area contributed by atoms with E-state index in [4.69, 9.17) is 4.74 Å². The molecule has 3 heteroatoms. The third-order valence-corrected chi connectivity index (χ3v) is 3.86. The van der Waals surface area contributed by atoms with E-state index < -0.39 is 0 Å². The van der Waals surface area contributed by atoms with E-state index in [9.17, 15) is 4.79 Å². The van der Waals surface area contributed by atoms with Crippen LogP contribution in [0.1, 0.15) is 22.2 Å². The highest BCUT2D eigenvalue weighted by Crippen LogP contribution is 2.37. The smallest absolute Gasteiger partial charge is 0.169 e. The zero-order valence-electron chi connectivity index (χ0n) is 10.1. The first kappa shape index (κ1) is 11.9. The minimum absolute atomic E-state index is 0.105. The zero-order valence-corrected chi connectivity index (χ0v) is 10.9. The molecule has 0 N–H and O–H groups in total. The van der Waals surface area contributed by atoms with Crippen molar-refractivity contribution in [3.8, 4) is 16.2 Å². The van der Waals surface area contributed by atoms with Gasteiger partial charge in [0.2, 0.25) is 0 Å². The second-order valence-corrected chi connectivity index (χ2v) is 4.96. The van der Waals surface area contributed by atoms with Gasteiger partial charge in [0, 0.05) is 10.4 Å². The van der Waals surface area contributed by atoms with Crippen molar-refractivity contribution in [1.82, 2.24) is 0 Å². The van der Waals surface area contributed by atoms with Crippen molar-refractivity contribution in [2.75, 3.05) is 7.11 Å². The van der Waals surface area contributed by atoms with Crippen LogP contribution in [0.2, 0.25) is 0 Å². The number of rotatable bonds is 3. The number of hydrogen-bond acceptors (Lipinski definition) is 3. The molecule has 1 heterocycles. The van der Waals surface area contributed by atoms with E-state index >= 15 is 0 Å². The van der Waals surface area contributed by atoms with Gasteiger partial charge in [0.15, 0.2) is 5.78 Å². The standard InChI is InChI=1S/C14H14O2S/c1-9-5-4-6-11(16-3)14(9)13-8-7-12(17-13)10(2)15/h4-8H,1-3H3. The first-order valence-corrected chi connectivity index (χ1v) is 6.20. The molecule has 2 rings (SSSR count). The second kappa shape index (κ2) is 4.72. The molecule has 0 unspecified atom stereocenters. The molecule has 0 saturated carbocycles. The summed E-state index contributed by atoms with van der Waals surface area (Å²) in [5.74, 6) is 0.954. The Bertz CT molecular complexity index is 555. The summed E-state index contributed by atoms with van der Waals surface area (Å²) in [6.45, 7) is 3.63. The summed E-state index contributed by atoms with van der Waals surface area (Å²) in [6.07, 6.45) is 0. The first-order valence-electron chi connectivity index (χ1n) is 5.38. The lowest BCUT2D eigenvalue weighted by atomic mass is 10.1. The lowest BCUT2D eigenvalue weighted by molar-refractivity contribution is 0.102. The van der Waals surface area contributed by atoms with Crippen LogP contribution in [-0.2, 0) is 0 Å². The van der Waals surface area contributed by atoms with E-state index in [1.807, 2.05) is 37.3 Å². The normalized spacial score (nSPS) is 10.3. The van der Waals surface area contributed by atoms with Crippen LogP contribution in [0.25, 0.3) is 10.4 Å². The number of carbonyl (C=O) groups excluding carboxylic acids is 1. The van der Waals surface area contributed by atoms with Gasteiger partial charge in [-0.3, -0.25) is 4.79 Å². The number of ketones is 1. The van der Waals surface area contributed by atoms with Crippen molar-refractivity contribution in [2.24, 2.45) is 0 Å². The molecule has 0 spiro atoms. The van der Waals surface area contributed by atoms with Gasteiger partial charge < -0.3 is 4.74 Å². The summed E-state index contributed by atoms with van der Waals surface area (Å²) < 4.78 is 5.37. The zero-order chi connectivity index (χ0) is 12.4. The average Bonchev–Trinajstić information content (AvgIpc) is 2.77. The molecule has 1 aromatic carbocycles. The Labute approximate surface area is 105 Å². The largest absolute Gasteiger partial charge is 0.496 e. The Hall–Kier alpha value is -1.61. The molecule has 0 aliphatic heterocycles. The third kappa shape index (κ3) is 2.24. The highest BCUT2D eigenvalue weighted by atomic mass is 32.1. The molecule has 0 aliphatic rings. The minimum Gasteiger partial charge on any atom is -0.496 e. The summed E-state index contributed by atoms with van der Waals surface area (Å²) in [6, 6.07) is 9.80. The molecule has 1 aromatic heterocycles. The lowest BCUT2D eigenvalue weighted by Crippen LogP contribution is -1.89. The number of Topliss-reactive ketones (excluding diaryl/α,β-unsaturated/α-hetero) is 1. The fourth-order valence-corrected chi connectivity index (χ4v) is 2.80. The quantitative estimate of drug-likeness (QED) is 0.767. The highest BCUT2D eigenvalue weighted by molar-refractivity contribution is 7.17. The van der Waals surface area contributed by atoms with Crippen LogP contribution in [0, 0.1) is 6.92 Å². The van der Waals surface area contributed by atoms with Crippen molar-refractivity contribution >= 4 is 17.1 Å². The van der Waals surface area contributed by atoms with Gasteiger partial charge in [0.25, 0.3) is 0 Å². The SMILES string of the molecule is COc1cccc(C)c1-c1ccc(C(C)=O)s1. The maximum atomic E-state index is 11.3. The van der Waals surface area contributed by atoms with Crippen LogP contribution < -0.4 is 4.74 Å². The topological polar surface area (TPSA) is 26.3 Å². The number of ether oxygens (including phenoxy) is 1. The van der Waals surface area contributed by atoms with E-state index in [0.29, 0.717) is 0 Å². The molecule has 0 radical (unpaired) electrons. The number of carbonyl (C=O) groups is 1. The summed E-state index contributed by atoms with van der Waals surface area (Å²) in [7, 11) is 1.66. The van der Waals surface area contributed by atoms with E-state index in [2.05, 4.69) is 0 Å². The minimum atomic E-state index is 0.105. The molecule has 0 bridgehead atoms. The van der Waals surface area contributed by atoms with Crippen LogP contribution >= 0.6 is 11.3 Å². The van der Waals surface area contributed by atoms with Crippen LogP contribution in [0.15, 0.2) is 30.3 Å². The maximum absolute atomic E-state index is 11.3. The fourth-order valence-electron chi connectivity index (χ4n) is 1.79. The molecular weight excluding hydrogens is 232 g/mol. The van der Waals surface area contributed by atoms with E-state index in [0.717, 1.165) is 26.6 Å². The summed E-state index contributed by atoms with van der Waals surface area (Å²) in [5.41, 5.74) is 2.23. The Morgan fingerprint density at radius 2 is 2.00 bits per heavy atom. The third-order valence-electron chi connectivity index (χ3n) is 2.65. The molecule has 0 saturated heterocycles. The predicted octanol–water partition coefficient (Wildman–Crippen LogP) is 3.93. The van der Waals surface area contributed by atoms with Crippen molar-refractivity contribution in [2.45, 2.75) is 13.8 Å². The number of benzene rings is 1. The molecule has 0 amide bonds. The summed E-state index contributed by atoms with van der Waals surface area (Å²) >= 11 is 1.51. The summed E-state index contributed by atoms with van der Waals surface area (Å²) in [5, 5.41) is 0. The van der Waals surface area contributed by atoms with Crippen molar-refractivity contribution in [3.63, 3.8) is 0 Å². The van der Waals surface area contributed by atoms with Gasteiger partial charge in [0.05, 0.1) is 12.0 Å². The number of hydrogen-bond donors (Lipinski definition) is 0. The van der Waals surface area contributed by atoms with Crippen LogP contribution in [0.4, 0.5) is 0 Å². The lowest BCUT2D eigenvalue weighted by Gasteiger charge is -2.09. The fraction of sp³-hybridized carbons (Fsp3) is 0.214. The first-order chi connectivity index (χ1) is 8.13. The Morgan fingerprint density at radius 3 is 2.59 bits per heavy atom. The number of aryl methyl sites for hydroxylation is 1. The molecule has 2 aromatic rings. The molecule has 0 atom stereocenters. The van der Waals surface area contributed by atoms with Gasteiger partial charge in [0.1, 0.15) is 5.75 Å². The molecule has 2 nitrogen and oxygen atoms in total. The van der Waals surface area contributed by atoms with E-state index in [1.165, 1.54) is 11.3 Å². The van der Waals surface area contributed by atoms with E-state index in [-0.39, 0.29) is 5.78 Å². The molecule has 17 heavy (non-hydrogen) atoms. The van der Waals surface area contributed by atoms with Crippen LogP contribution in [0.5, 0.6) is 5.75 Å². The van der Waals surface area contributed by atoms with Crippen LogP contribution in [-0.4, -0.2) is 12.9 Å². The molecule has 0 aliphatic carbocycles. The maximum Gasteiger partial charge on any atom is 0.169 e. The van der Waals surface area contributed by atoms with Gasteiger partial charge in [-0.05, 0) is 37.6 Å². The monoisotopic (exact) mass is 246 g/mol. The van der Waals surface area contributed by atoms with Gasteiger partial charge in [-0.25, -0.2) is 0 Å². The Kier molecular flexibility index (Phi) is 3.29. The van der Waals surface area contributed by atoms with Gasteiger partial charge in [-0.2, -0.15) is 0 Å². The Balaban J connectivity index is 2.55. The van der Waals surface area contributed by atoms with E-state index in [1.54, 1.807) is 14.0 Å². The van der Waals surface area contributed by atoms with Gasteiger partial charge >= 0.3 is 0 Å². The molecule has 0 fully saturated rings. The average molecular weight is 246 g/mol. The number of methoxy groups -OCH3 is 1. The molecular formula is C14H14O2S. The predicted molar refractivity (Wildman–Crippen MR) is 71.0 cm³/mol. The molecule has 88 valence electrons. The number of thiophene rings is 1. The highest BCUT2D eigenvalue weighted by Gasteiger charge is 2.12. The Morgan fingerprint density at radius 1 is 1.24 bits per heavy atom. The second-order valence-electron chi connectivity index (χ2n) is 3.87. The summed E-state index contributed by atoms with van der Waals surface area (Å²) in [4.78, 5) is 13.2.